The Morgan fingerprint density at radius 1 is 1.21 bits per heavy atom. The molecule has 1 unspecified atom stereocenters. The lowest BCUT2D eigenvalue weighted by Crippen LogP contribution is -2.37. The lowest BCUT2D eigenvalue weighted by atomic mass is 9.98. The van der Waals surface area contributed by atoms with Crippen molar-refractivity contribution in [2.45, 2.75) is 36.8 Å². The molecule has 3 N–H and O–H groups in total. The summed E-state index contributed by atoms with van der Waals surface area (Å²) in [5.74, 6) is -0.153. The van der Waals surface area contributed by atoms with Crippen LogP contribution in [-0.4, -0.2) is 57.9 Å². The lowest BCUT2D eigenvalue weighted by Gasteiger charge is -2.31. The number of ketones is 1. The number of pyridine rings is 1. The summed E-state index contributed by atoms with van der Waals surface area (Å²) < 4.78 is 40.5. The zero-order chi connectivity index (χ0) is 27.4. The number of aromatic amines is 1. The van der Waals surface area contributed by atoms with Gasteiger partial charge in [0.1, 0.15) is 11.5 Å². The van der Waals surface area contributed by atoms with E-state index in [1.54, 1.807) is 0 Å². The number of benzene rings is 2. The number of carbonyl (C=O) groups excluding carboxylic acids is 1. The van der Waals surface area contributed by atoms with E-state index in [0.29, 0.717) is 6.42 Å². The van der Waals surface area contributed by atoms with Crippen LogP contribution < -0.4 is 5.56 Å². The highest BCUT2D eigenvalue weighted by Gasteiger charge is 2.31. The Labute approximate surface area is 226 Å². The minimum atomic E-state index is -4.62. The number of nitrogens with zero attached hydrogens (tertiary/aromatic N) is 1. The number of hydrogen-bond donors (Lipinski definition) is 3. The first-order valence-corrected chi connectivity index (χ1v) is 13.7. The molecule has 1 aliphatic rings. The number of aliphatic hydroxyl groups excluding tert-OH is 1. The molecular formula is C27H28ClF3N2O4S. The van der Waals surface area contributed by atoms with Crippen molar-refractivity contribution in [1.29, 1.82) is 0 Å². The Balaban J connectivity index is 1.60. The molecule has 4 rings (SSSR count). The van der Waals surface area contributed by atoms with Gasteiger partial charge in [0.15, 0.2) is 0 Å². The summed E-state index contributed by atoms with van der Waals surface area (Å²) in [6, 6.07) is 7.09. The predicted octanol–water partition coefficient (Wildman–Crippen LogP) is 5.72. The van der Waals surface area contributed by atoms with Gasteiger partial charge in [0.25, 0.3) is 5.56 Å². The van der Waals surface area contributed by atoms with Gasteiger partial charge in [-0.25, -0.2) is 0 Å². The molecule has 0 saturated carbocycles. The maximum Gasteiger partial charge on any atom is 0.416 e. The zero-order valence-electron chi connectivity index (χ0n) is 20.5. The number of phenolic OH excluding ortho intramolecular Hbond substituents is 1. The van der Waals surface area contributed by atoms with Crippen LogP contribution in [0.4, 0.5) is 13.2 Å². The van der Waals surface area contributed by atoms with Gasteiger partial charge >= 0.3 is 6.18 Å². The Morgan fingerprint density at radius 3 is 2.74 bits per heavy atom. The summed E-state index contributed by atoms with van der Waals surface area (Å²) >= 11 is 7.06. The van der Waals surface area contributed by atoms with Crippen molar-refractivity contribution < 1.29 is 28.2 Å². The van der Waals surface area contributed by atoms with E-state index >= 15 is 0 Å². The normalized spacial score (nSPS) is 16.7. The molecule has 1 atom stereocenters. The molecule has 0 aliphatic carbocycles. The fourth-order valence-corrected chi connectivity index (χ4v) is 5.96. The summed E-state index contributed by atoms with van der Waals surface area (Å²) in [6.45, 7) is 2.61. The predicted molar refractivity (Wildman–Crippen MR) is 143 cm³/mol. The monoisotopic (exact) mass is 568 g/mol. The molecular weight excluding hydrogens is 541 g/mol. The number of alkyl halides is 3. The number of aliphatic hydroxyl groups is 1. The molecule has 1 aromatic heterocycles. The maximum absolute atomic E-state index is 13.5. The number of rotatable bonds is 9. The van der Waals surface area contributed by atoms with Crippen LogP contribution in [0.3, 0.4) is 0 Å². The number of nitrogens with one attached hydrogen (secondary N) is 1. The molecule has 0 amide bonds. The highest BCUT2D eigenvalue weighted by molar-refractivity contribution is 8.00. The molecule has 3 aromatic rings. The second-order valence-corrected chi connectivity index (χ2v) is 10.9. The maximum atomic E-state index is 13.5. The zero-order valence-corrected chi connectivity index (χ0v) is 22.1. The Bertz CT molecular complexity index is 1380. The van der Waals surface area contributed by atoms with Gasteiger partial charge in [-0.05, 0) is 74.7 Å². The van der Waals surface area contributed by atoms with Crippen molar-refractivity contribution in [3.05, 3.63) is 57.3 Å². The van der Waals surface area contributed by atoms with Gasteiger partial charge < -0.3 is 20.1 Å². The molecule has 38 heavy (non-hydrogen) atoms. The van der Waals surface area contributed by atoms with Gasteiger partial charge in [-0.15, -0.1) is 11.8 Å². The number of Topliss-reactive ketones (excluding diaryl/α,β-unsaturated/α-hetero) is 1. The van der Waals surface area contributed by atoms with Crippen molar-refractivity contribution in [2.24, 2.45) is 5.92 Å². The number of piperidine rings is 1. The first-order valence-electron chi connectivity index (χ1n) is 12.3. The number of halogens is 4. The third-order valence-electron chi connectivity index (χ3n) is 6.69. The largest absolute Gasteiger partial charge is 0.507 e. The van der Waals surface area contributed by atoms with Gasteiger partial charge in [-0.1, -0.05) is 11.6 Å². The van der Waals surface area contributed by atoms with Crippen molar-refractivity contribution in [3.8, 4) is 16.9 Å². The summed E-state index contributed by atoms with van der Waals surface area (Å²) in [5, 5.41) is 20.3. The topological polar surface area (TPSA) is 93.6 Å². The van der Waals surface area contributed by atoms with Gasteiger partial charge in [0.2, 0.25) is 0 Å². The van der Waals surface area contributed by atoms with Gasteiger partial charge in [-0.2, -0.15) is 13.2 Å². The lowest BCUT2D eigenvalue weighted by molar-refractivity contribution is -0.137. The summed E-state index contributed by atoms with van der Waals surface area (Å²) in [5.41, 5.74) is -1.13. The molecule has 0 spiro atoms. The van der Waals surface area contributed by atoms with E-state index < -0.39 is 17.3 Å². The van der Waals surface area contributed by atoms with Crippen LogP contribution >= 0.6 is 23.4 Å². The molecule has 1 saturated heterocycles. The average Bonchev–Trinajstić information content (AvgIpc) is 2.88. The number of aromatic hydroxyl groups is 1. The smallest absolute Gasteiger partial charge is 0.416 e. The fourth-order valence-electron chi connectivity index (χ4n) is 4.79. The molecule has 1 aliphatic heterocycles. The number of carbonyl (C=O) groups is 1. The van der Waals surface area contributed by atoms with E-state index in [-0.39, 0.29) is 68.2 Å². The number of likely N-dealkylation sites (tertiary alicyclic amines) is 1. The Hall–Kier alpha value is -2.53. The number of aromatic nitrogens is 1. The second-order valence-electron chi connectivity index (χ2n) is 9.50. The van der Waals surface area contributed by atoms with E-state index in [2.05, 4.69) is 9.88 Å². The minimum Gasteiger partial charge on any atom is -0.507 e. The van der Waals surface area contributed by atoms with Crippen LogP contribution in [0.25, 0.3) is 22.0 Å². The number of thioether (sulfide) groups is 1. The fraction of sp³-hybridized carbons (Fsp3) is 0.407. The molecule has 11 heteroatoms. The van der Waals surface area contributed by atoms with Crippen LogP contribution in [0.1, 0.15) is 31.2 Å². The molecule has 2 heterocycles. The Morgan fingerprint density at radius 2 is 2.00 bits per heavy atom. The van der Waals surface area contributed by atoms with E-state index in [9.17, 15) is 33.0 Å². The molecule has 2 aromatic carbocycles. The SMILES string of the molecule is O=C(CCCN1CCCC(CO)C1)CSc1c(-c2cc(Cl)ccc2O)c2cc(C(F)(F)F)ccc2[nH]c1=O. The van der Waals surface area contributed by atoms with Crippen molar-refractivity contribution >= 4 is 40.0 Å². The van der Waals surface area contributed by atoms with Gasteiger partial charge in [-0.3, -0.25) is 9.59 Å². The molecule has 0 radical (unpaired) electrons. The number of phenols is 1. The van der Waals surface area contributed by atoms with E-state index in [1.165, 1.54) is 24.3 Å². The third kappa shape index (κ3) is 6.72. The average molecular weight is 569 g/mol. The van der Waals surface area contributed by atoms with Crippen molar-refractivity contribution in [1.82, 2.24) is 9.88 Å². The quantitative estimate of drug-likeness (QED) is 0.286. The Kier molecular flexibility index (Phi) is 9.07. The van der Waals surface area contributed by atoms with Gasteiger partial charge in [0, 0.05) is 46.6 Å². The number of H-pyrrole nitrogens is 1. The summed E-state index contributed by atoms with van der Waals surface area (Å²) in [4.78, 5) is 30.6. The van der Waals surface area contributed by atoms with Gasteiger partial charge in [0.05, 0.1) is 16.2 Å². The van der Waals surface area contributed by atoms with E-state index in [0.717, 1.165) is 56.4 Å². The third-order valence-corrected chi connectivity index (χ3v) is 8.07. The molecule has 1 fully saturated rings. The van der Waals surface area contributed by atoms with Crippen molar-refractivity contribution in [2.75, 3.05) is 32.0 Å². The summed E-state index contributed by atoms with van der Waals surface area (Å²) in [7, 11) is 0. The number of hydrogen-bond acceptors (Lipinski definition) is 6. The summed E-state index contributed by atoms with van der Waals surface area (Å²) in [6.07, 6.45) is -1.70. The van der Waals surface area contributed by atoms with Crippen LogP contribution in [-0.2, 0) is 11.0 Å². The van der Waals surface area contributed by atoms with E-state index in [4.69, 9.17) is 11.6 Å². The first-order chi connectivity index (χ1) is 18.1. The molecule has 6 nitrogen and oxygen atoms in total. The minimum absolute atomic E-state index is 0.0320. The standard InChI is InChI=1S/C27H28ClF3N2O4S/c28-18-6-8-23(36)21(12-18)24-20-11-17(27(29,30)31)5-7-22(20)32-26(37)25(24)38-15-19(35)4-2-10-33-9-1-3-16(13-33)14-34/h5-8,11-12,16,34,36H,1-4,9-10,13-15H2,(H,32,37). The first kappa shape index (κ1) is 28.5. The van der Waals surface area contributed by atoms with Crippen LogP contribution in [0.2, 0.25) is 5.02 Å². The highest BCUT2D eigenvalue weighted by Crippen LogP contribution is 2.42. The second kappa shape index (κ2) is 12.1. The van der Waals surface area contributed by atoms with E-state index in [1.807, 2.05) is 0 Å². The van der Waals surface area contributed by atoms with Crippen LogP contribution in [0, 0.1) is 5.92 Å². The van der Waals surface area contributed by atoms with Crippen molar-refractivity contribution in [3.63, 3.8) is 0 Å². The highest BCUT2D eigenvalue weighted by atomic mass is 35.5. The van der Waals surface area contributed by atoms with Crippen LogP contribution in [0.5, 0.6) is 5.75 Å². The van der Waals surface area contributed by atoms with Crippen LogP contribution in [0.15, 0.2) is 46.1 Å². The number of fused-ring (bicyclic) bond motifs is 1. The molecule has 204 valence electrons. The molecule has 0 bridgehead atoms.